The van der Waals surface area contributed by atoms with Gasteiger partial charge >= 0.3 is 0 Å². The van der Waals surface area contributed by atoms with Gasteiger partial charge in [0.25, 0.3) is 0 Å². The van der Waals surface area contributed by atoms with Crippen molar-refractivity contribution in [2.24, 2.45) is 5.92 Å². The van der Waals surface area contributed by atoms with Crippen LogP contribution < -0.4 is 0 Å². The summed E-state index contributed by atoms with van der Waals surface area (Å²) in [6, 6.07) is 9.04. The Balaban J connectivity index is 2.58. The lowest BCUT2D eigenvalue weighted by Crippen LogP contribution is -2.10. The van der Waals surface area contributed by atoms with Crippen LogP contribution in [-0.2, 0) is 5.41 Å². The monoisotopic (exact) mass is 236 g/mol. The first-order valence-corrected chi connectivity index (χ1v) is 7.15. The number of hydrogen-bond donors (Lipinski definition) is 0. The summed E-state index contributed by atoms with van der Waals surface area (Å²) in [5.74, 6) is 2.04. The lowest BCUT2D eigenvalue weighted by Gasteiger charge is -2.19. The third-order valence-electron chi connectivity index (χ3n) is 2.95. The van der Waals surface area contributed by atoms with E-state index in [1.54, 1.807) is 0 Å². The predicted molar refractivity (Wildman–Crippen MR) is 75.3 cm³/mol. The molecule has 0 aliphatic heterocycles. The van der Waals surface area contributed by atoms with Crippen molar-refractivity contribution in [3.8, 4) is 0 Å². The summed E-state index contributed by atoms with van der Waals surface area (Å²) in [4.78, 5) is 1.40. The van der Waals surface area contributed by atoms with E-state index < -0.39 is 0 Å². The molecule has 0 heterocycles. The Morgan fingerprint density at radius 1 is 1.12 bits per heavy atom. The molecule has 0 saturated carbocycles. The summed E-state index contributed by atoms with van der Waals surface area (Å²) in [5, 5.41) is 0. The zero-order valence-corrected chi connectivity index (χ0v) is 12.0. The standard InChI is InChI=1S/C15H24S/c1-6-12(2)11-16-14-9-7-13(8-10-14)15(3,4)5/h7-10,12H,6,11H2,1-5H3. The molecule has 0 saturated heterocycles. The summed E-state index contributed by atoms with van der Waals surface area (Å²) in [6.45, 7) is 11.3. The fraction of sp³-hybridized carbons (Fsp3) is 0.600. The van der Waals surface area contributed by atoms with Gasteiger partial charge in [-0.2, -0.15) is 0 Å². The maximum Gasteiger partial charge on any atom is 0.00722 e. The molecule has 0 spiro atoms. The molecule has 0 nitrogen and oxygen atoms in total. The molecule has 1 atom stereocenters. The molecule has 1 unspecified atom stereocenters. The maximum atomic E-state index is 2.32. The number of thioether (sulfide) groups is 1. The van der Waals surface area contributed by atoms with E-state index in [4.69, 9.17) is 0 Å². The van der Waals surface area contributed by atoms with Gasteiger partial charge in [0.1, 0.15) is 0 Å². The van der Waals surface area contributed by atoms with Gasteiger partial charge < -0.3 is 0 Å². The van der Waals surface area contributed by atoms with Crippen molar-refractivity contribution in [2.75, 3.05) is 5.75 Å². The van der Waals surface area contributed by atoms with Gasteiger partial charge in [-0.15, -0.1) is 11.8 Å². The SMILES string of the molecule is CCC(C)CSc1ccc(C(C)(C)C)cc1. The Labute approximate surface area is 105 Å². The van der Waals surface area contributed by atoms with Crippen molar-refractivity contribution in [3.05, 3.63) is 29.8 Å². The highest BCUT2D eigenvalue weighted by molar-refractivity contribution is 7.99. The van der Waals surface area contributed by atoms with Gasteiger partial charge in [0, 0.05) is 10.6 Å². The average Bonchev–Trinajstić information content (AvgIpc) is 2.25. The highest BCUT2D eigenvalue weighted by atomic mass is 32.2. The van der Waals surface area contributed by atoms with Gasteiger partial charge in [-0.3, -0.25) is 0 Å². The Hall–Kier alpha value is -0.430. The average molecular weight is 236 g/mol. The molecule has 0 amide bonds. The molecule has 1 aromatic carbocycles. The zero-order valence-electron chi connectivity index (χ0n) is 11.2. The van der Waals surface area contributed by atoms with E-state index in [0.29, 0.717) is 0 Å². The van der Waals surface area contributed by atoms with E-state index in [9.17, 15) is 0 Å². The van der Waals surface area contributed by atoms with Crippen LogP contribution in [0.15, 0.2) is 29.2 Å². The van der Waals surface area contributed by atoms with Crippen LogP contribution in [0.2, 0.25) is 0 Å². The normalized spacial score (nSPS) is 13.8. The van der Waals surface area contributed by atoms with Gasteiger partial charge in [0.2, 0.25) is 0 Å². The first-order valence-electron chi connectivity index (χ1n) is 6.17. The smallest absolute Gasteiger partial charge is 0.00722 e. The summed E-state index contributed by atoms with van der Waals surface area (Å²) >= 11 is 1.97. The lowest BCUT2D eigenvalue weighted by molar-refractivity contribution is 0.589. The molecule has 0 aliphatic carbocycles. The topological polar surface area (TPSA) is 0 Å². The second kappa shape index (κ2) is 5.77. The second-order valence-electron chi connectivity index (χ2n) is 5.60. The summed E-state index contributed by atoms with van der Waals surface area (Å²) in [5.41, 5.74) is 1.68. The highest BCUT2D eigenvalue weighted by Crippen LogP contribution is 2.26. The molecule has 0 bridgehead atoms. The third kappa shape index (κ3) is 4.21. The number of hydrogen-bond acceptors (Lipinski definition) is 1. The lowest BCUT2D eigenvalue weighted by atomic mass is 9.87. The molecule has 0 aliphatic rings. The summed E-state index contributed by atoms with van der Waals surface area (Å²) < 4.78 is 0. The van der Waals surface area contributed by atoms with E-state index in [-0.39, 0.29) is 5.41 Å². The summed E-state index contributed by atoms with van der Waals surface area (Å²) in [6.07, 6.45) is 1.27. The first kappa shape index (κ1) is 13.6. The van der Waals surface area contributed by atoms with Crippen molar-refractivity contribution in [2.45, 2.75) is 51.3 Å². The molecule has 90 valence electrons. The van der Waals surface area contributed by atoms with Crippen LogP contribution in [-0.4, -0.2) is 5.75 Å². The third-order valence-corrected chi connectivity index (χ3v) is 4.29. The molecule has 1 rings (SSSR count). The van der Waals surface area contributed by atoms with E-state index in [0.717, 1.165) is 5.92 Å². The minimum atomic E-state index is 0.264. The van der Waals surface area contributed by atoms with E-state index in [1.165, 1.54) is 22.6 Å². The largest absolute Gasteiger partial charge is 0.126 e. The minimum Gasteiger partial charge on any atom is -0.126 e. The van der Waals surface area contributed by atoms with Crippen molar-refractivity contribution in [1.29, 1.82) is 0 Å². The van der Waals surface area contributed by atoms with E-state index >= 15 is 0 Å². The van der Waals surface area contributed by atoms with Crippen molar-refractivity contribution >= 4 is 11.8 Å². The van der Waals surface area contributed by atoms with Gasteiger partial charge in [-0.1, -0.05) is 53.2 Å². The Bertz CT molecular complexity index is 305. The van der Waals surface area contributed by atoms with Gasteiger partial charge in [-0.25, -0.2) is 0 Å². The Kier molecular flexibility index (Phi) is 4.91. The fourth-order valence-electron chi connectivity index (χ4n) is 1.41. The van der Waals surface area contributed by atoms with Crippen molar-refractivity contribution in [3.63, 3.8) is 0 Å². The molecule has 1 heteroatoms. The predicted octanol–water partition coefficient (Wildman–Crippen LogP) is 5.12. The molecule has 0 radical (unpaired) electrons. The van der Waals surface area contributed by atoms with Crippen molar-refractivity contribution < 1.29 is 0 Å². The molecule has 16 heavy (non-hydrogen) atoms. The van der Waals surface area contributed by atoms with Crippen LogP contribution in [0.1, 0.15) is 46.6 Å². The zero-order chi connectivity index (χ0) is 12.2. The quantitative estimate of drug-likeness (QED) is 0.654. The molecular weight excluding hydrogens is 212 g/mol. The Morgan fingerprint density at radius 2 is 1.69 bits per heavy atom. The van der Waals surface area contributed by atoms with Crippen LogP contribution in [0.25, 0.3) is 0 Å². The fourth-order valence-corrected chi connectivity index (χ4v) is 2.45. The van der Waals surface area contributed by atoms with Crippen molar-refractivity contribution in [1.82, 2.24) is 0 Å². The van der Waals surface area contributed by atoms with Crippen LogP contribution in [0.4, 0.5) is 0 Å². The molecule has 0 aromatic heterocycles. The molecular formula is C15H24S. The first-order chi connectivity index (χ1) is 7.43. The van der Waals surface area contributed by atoms with Crippen LogP contribution in [0, 0.1) is 5.92 Å². The maximum absolute atomic E-state index is 2.32. The molecule has 0 N–H and O–H groups in total. The number of rotatable bonds is 4. The van der Waals surface area contributed by atoms with Gasteiger partial charge in [-0.05, 0) is 29.0 Å². The van der Waals surface area contributed by atoms with E-state index in [1.807, 2.05) is 11.8 Å². The minimum absolute atomic E-state index is 0.264. The Morgan fingerprint density at radius 3 is 2.12 bits per heavy atom. The van der Waals surface area contributed by atoms with Gasteiger partial charge in [0.05, 0.1) is 0 Å². The molecule has 1 aromatic rings. The van der Waals surface area contributed by atoms with Crippen LogP contribution in [0.5, 0.6) is 0 Å². The number of benzene rings is 1. The second-order valence-corrected chi connectivity index (χ2v) is 6.69. The highest BCUT2D eigenvalue weighted by Gasteiger charge is 2.12. The molecule has 0 fully saturated rings. The van der Waals surface area contributed by atoms with E-state index in [2.05, 4.69) is 58.9 Å². The van der Waals surface area contributed by atoms with Crippen LogP contribution in [0.3, 0.4) is 0 Å². The van der Waals surface area contributed by atoms with Crippen LogP contribution >= 0.6 is 11.8 Å². The summed E-state index contributed by atoms with van der Waals surface area (Å²) in [7, 11) is 0. The van der Waals surface area contributed by atoms with Gasteiger partial charge in [0.15, 0.2) is 0 Å².